The molecule has 1 saturated heterocycles. The number of ether oxygens (including phenoxy) is 13. The predicted molar refractivity (Wildman–Crippen MR) is 295 cm³/mol. The lowest BCUT2D eigenvalue weighted by molar-refractivity contribution is -0.278. The Morgan fingerprint density at radius 2 is 0.848 bits per heavy atom. The van der Waals surface area contributed by atoms with Gasteiger partial charge in [0.15, 0.2) is 12.4 Å². The second-order valence-corrected chi connectivity index (χ2v) is 21.5. The minimum absolute atomic E-state index is 0.0113. The smallest absolute Gasteiger partial charge is 0.255 e. The lowest BCUT2D eigenvalue weighted by Crippen LogP contribution is -2.66. The molecule has 21 nitrogen and oxygen atoms in total. The topological polar surface area (TPSA) is 250 Å². The maximum Gasteiger partial charge on any atom is 0.255 e. The first kappa shape index (κ1) is 69.5. The summed E-state index contributed by atoms with van der Waals surface area (Å²) in [6.45, 7) is 15.0. The van der Waals surface area contributed by atoms with E-state index in [2.05, 4.69) is 31.3 Å². The molecule has 462 valence electrons. The van der Waals surface area contributed by atoms with Gasteiger partial charge in [0.25, 0.3) is 5.91 Å². The molecule has 3 unspecified atom stereocenters. The first-order valence-corrected chi connectivity index (χ1v) is 30.3. The number of hydrogen-bond donors (Lipinski definition) is 5. The molecule has 5 fully saturated rings. The van der Waals surface area contributed by atoms with Gasteiger partial charge in [-0.3, -0.25) is 9.59 Å². The molecule has 5 N–H and O–H groups in total. The van der Waals surface area contributed by atoms with E-state index >= 15 is 0 Å². The molecule has 0 aromatic carbocycles. The van der Waals surface area contributed by atoms with Gasteiger partial charge in [0, 0.05) is 18.7 Å². The second kappa shape index (κ2) is 44.5. The average Bonchev–Trinajstić information content (AvgIpc) is 3.57. The SMILES string of the molecule is CCCC/C=C\CCCCCCCC(C(=O)NC12CC3CC(CC(C3)C1)C2)N(CCOCCOCCOCCOCCOCCOCCOCCOCCOCCOCCOCCOCCC)C(=O)C1O[C@@H](O)C(O)[C@H](O)[C@@H]1O. The molecule has 1 heterocycles. The van der Waals surface area contributed by atoms with Crippen molar-refractivity contribution in [3.63, 3.8) is 0 Å². The molecular formula is C58H106N2O19. The highest BCUT2D eigenvalue weighted by Crippen LogP contribution is 2.55. The standard InChI is InChI=1S/C58H106N2O19/c1-3-5-6-7-8-9-10-11-12-13-14-15-50(55(64)59-58-44-47-41-48(45-58)43-49(42-47)46-58)60(56(65)54-52(62)51(61)53(63)57(66)79-54)16-18-68-20-22-70-24-26-72-28-30-74-32-34-76-36-38-78-40-39-77-37-35-75-33-31-73-29-27-71-25-23-69-21-19-67-17-4-2/h7-8,47-54,57,61-63,66H,3-6,9-46H2,1-2H3,(H,59,64)/b8-7-/t47?,48?,49?,50?,51-,52+,53?,54?,57-,58?/m1/s1. The fourth-order valence-corrected chi connectivity index (χ4v) is 11.2. The molecule has 0 aromatic heterocycles. The highest BCUT2D eigenvalue weighted by molar-refractivity contribution is 5.90. The molecule has 1 aliphatic heterocycles. The third-order valence-electron chi connectivity index (χ3n) is 14.9. The number of hydrogen-bond acceptors (Lipinski definition) is 19. The number of allylic oxidation sites excluding steroid dienone is 2. The van der Waals surface area contributed by atoms with Crippen LogP contribution in [0, 0.1) is 17.8 Å². The van der Waals surface area contributed by atoms with Crippen molar-refractivity contribution in [2.45, 2.75) is 165 Å². The highest BCUT2D eigenvalue weighted by Gasteiger charge is 2.53. The van der Waals surface area contributed by atoms with Gasteiger partial charge in [0.05, 0.1) is 152 Å². The quantitative estimate of drug-likeness (QED) is 0.0424. The number of amides is 2. The summed E-state index contributed by atoms with van der Waals surface area (Å²) < 4.78 is 72.2. The molecule has 5 aliphatic rings. The van der Waals surface area contributed by atoms with Crippen LogP contribution in [0.1, 0.15) is 123 Å². The number of aliphatic hydroxyl groups is 4. The van der Waals surface area contributed by atoms with Gasteiger partial charge < -0.3 is 92.2 Å². The molecule has 4 bridgehead atoms. The Balaban J connectivity index is 1.03. The van der Waals surface area contributed by atoms with Crippen LogP contribution in [0.5, 0.6) is 0 Å². The number of nitrogens with zero attached hydrogens (tertiary/aromatic N) is 1. The van der Waals surface area contributed by atoms with Crippen LogP contribution in [0.15, 0.2) is 12.2 Å². The summed E-state index contributed by atoms with van der Waals surface area (Å²) in [6.07, 6.45) is 12.6. The molecule has 5 rings (SSSR count). The van der Waals surface area contributed by atoms with E-state index in [1.54, 1.807) is 0 Å². The normalized spacial score (nSPS) is 24.9. The Labute approximate surface area is 472 Å². The van der Waals surface area contributed by atoms with Crippen molar-refractivity contribution >= 4 is 11.8 Å². The molecule has 2 amide bonds. The van der Waals surface area contributed by atoms with Gasteiger partial charge >= 0.3 is 0 Å². The first-order valence-electron chi connectivity index (χ1n) is 30.3. The minimum atomic E-state index is -1.90. The molecule has 4 aliphatic carbocycles. The summed E-state index contributed by atoms with van der Waals surface area (Å²) in [7, 11) is 0. The van der Waals surface area contributed by atoms with Crippen LogP contribution in [-0.4, -0.2) is 245 Å². The molecule has 0 spiro atoms. The number of aliphatic hydroxyl groups excluding tert-OH is 4. The van der Waals surface area contributed by atoms with Gasteiger partial charge in [0.2, 0.25) is 5.91 Å². The first-order chi connectivity index (χ1) is 38.7. The molecule has 21 heteroatoms. The van der Waals surface area contributed by atoms with E-state index < -0.39 is 42.7 Å². The summed E-state index contributed by atoms with van der Waals surface area (Å²) in [5.41, 5.74) is -0.303. The highest BCUT2D eigenvalue weighted by atomic mass is 16.6. The maximum absolute atomic E-state index is 14.7. The zero-order valence-corrected chi connectivity index (χ0v) is 48.4. The maximum atomic E-state index is 14.7. The van der Waals surface area contributed by atoms with Crippen LogP contribution in [-0.2, 0) is 71.2 Å². The summed E-state index contributed by atoms with van der Waals surface area (Å²) >= 11 is 0. The van der Waals surface area contributed by atoms with Crippen LogP contribution in [0.3, 0.4) is 0 Å². The third-order valence-corrected chi connectivity index (χ3v) is 14.9. The van der Waals surface area contributed by atoms with E-state index in [1.165, 1.54) is 37.0 Å². The fraction of sp³-hybridized carbons (Fsp3) is 0.931. The summed E-state index contributed by atoms with van der Waals surface area (Å²) in [5.74, 6) is 0.795. The lowest BCUT2D eigenvalue weighted by atomic mass is 9.53. The van der Waals surface area contributed by atoms with E-state index in [1.807, 2.05) is 0 Å². The molecule has 0 aromatic rings. The number of carbonyl (C=O) groups is 2. The molecular weight excluding hydrogens is 1030 g/mol. The van der Waals surface area contributed by atoms with Crippen LogP contribution in [0.25, 0.3) is 0 Å². The van der Waals surface area contributed by atoms with Crippen LogP contribution < -0.4 is 5.32 Å². The van der Waals surface area contributed by atoms with Crippen molar-refractivity contribution in [2.24, 2.45) is 17.8 Å². The number of nitrogens with one attached hydrogen (secondary N) is 1. The van der Waals surface area contributed by atoms with Crippen molar-refractivity contribution < 1.29 is 91.6 Å². The number of carbonyl (C=O) groups excluding carboxylic acids is 2. The third kappa shape index (κ3) is 29.9. The van der Waals surface area contributed by atoms with Crippen molar-refractivity contribution in [3.8, 4) is 0 Å². The summed E-state index contributed by atoms with van der Waals surface area (Å²) in [6, 6.07) is -0.908. The van der Waals surface area contributed by atoms with Crippen LogP contribution in [0.2, 0.25) is 0 Å². The average molecular weight is 1140 g/mol. The van der Waals surface area contributed by atoms with Gasteiger partial charge in [-0.2, -0.15) is 0 Å². The Kier molecular flexibility index (Phi) is 39.2. The monoisotopic (exact) mass is 1130 g/mol. The zero-order chi connectivity index (χ0) is 56.4. The van der Waals surface area contributed by atoms with Gasteiger partial charge in [0.1, 0.15) is 24.4 Å². The summed E-state index contributed by atoms with van der Waals surface area (Å²) in [5, 5.41) is 45.6. The predicted octanol–water partition coefficient (Wildman–Crippen LogP) is 4.15. The Morgan fingerprint density at radius 1 is 0.481 bits per heavy atom. The summed E-state index contributed by atoms with van der Waals surface area (Å²) in [4.78, 5) is 30.5. The Morgan fingerprint density at radius 3 is 1.25 bits per heavy atom. The zero-order valence-electron chi connectivity index (χ0n) is 48.4. The molecule has 0 radical (unpaired) electrons. The van der Waals surface area contributed by atoms with Crippen molar-refractivity contribution in [1.29, 1.82) is 0 Å². The van der Waals surface area contributed by atoms with Gasteiger partial charge in [-0.15, -0.1) is 0 Å². The lowest BCUT2D eigenvalue weighted by Gasteiger charge is -2.57. The van der Waals surface area contributed by atoms with Crippen molar-refractivity contribution in [1.82, 2.24) is 10.2 Å². The second-order valence-electron chi connectivity index (χ2n) is 21.5. The molecule has 79 heavy (non-hydrogen) atoms. The van der Waals surface area contributed by atoms with Gasteiger partial charge in [-0.1, -0.05) is 64.5 Å². The van der Waals surface area contributed by atoms with E-state index in [-0.39, 0.29) is 37.8 Å². The fourth-order valence-electron chi connectivity index (χ4n) is 11.2. The minimum Gasteiger partial charge on any atom is -0.387 e. The van der Waals surface area contributed by atoms with E-state index in [0.717, 1.165) is 70.8 Å². The molecule has 4 saturated carbocycles. The van der Waals surface area contributed by atoms with Crippen molar-refractivity contribution in [3.05, 3.63) is 12.2 Å². The van der Waals surface area contributed by atoms with E-state index in [0.29, 0.717) is 163 Å². The largest absolute Gasteiger partial charge is 0.387 e. The molecule has 6 atom stereocenters. The van der Waals surface area contributed by atoms with Gasteiger partial charge in [-0.05, 0) is 88.4 Å². The number of unbranched alkanes of at least 4 members (excludes halogenated alkanes) is 7. The Bertz CT molecular complexity index is 1500. The Hall–Kier alpha value is -2.00. The van der Waals surface area contributed by atoms with E-state index in [4.69, 9.17) is 61.6 Å². The van der Waals surface area contributed by atoms with Gasteiger partial charge in [-0.25, -0.2) is 0 Å². The van der Waals surface area contributed by atoms with Crippen molar-refractivity contribution in [2.75, 3.05) is 165 Å². The van der Waals surface area contributed by atoms with Crippen LogP contribution in [0.4, 0.5) is 0 Å². The van der Waals surface area contributed by atoms with E-state index in [9.17, 15) is 30.0 Å². The number of rotatable bonds is 53. The van der Waals surface area contributed by atoms with Crippen LogP contribution >= 0.6 is 0 Å².